The highest BCUT2D eigenvalue weighted by Gasteiger charge is 2.24. The Morgan fingerprint density at radius 3 is 2.80 bits per heavy atom. The number of anilines is 2. The Morgan fingerprint density at radius 2 is 1.95 bits per heavy atom. The summed E-state index contributed by atoms with van der Waals surface area (Å²) < 4.78 is 0. The van der Waals surface area contributed by atoms with Gasteiger partial charge in [-0.1, -0.05) is 32.0 Å². The van der Waals surface area contributed by atoms with E-state index in [4.69, 9.17) is 5.73 Å². The molecule has 1 aliphatic heterocycles. The lowest BCUT2D eigenvalue weighted by Crippen LogP contribution is -2.26. The summed E-state index contributed by atoms with van der Waals surface area (Å²) in [4.78, 5) is 6.89. The highest BCUT2D eigenvalue weighted by atomic mass is 15.1. The molecular formula is C17H23N3. The topological polar surface area (TPSA) is 42.1 Å². The molecule has 0 bridgehead atoms. The molecule has 3 heteroatoms. The minimum absolute atomic E-state index is 0.437. The molecule has 0 aliphatic carbocycles. The Hall–Kier alpha value is -1.77. The molecule has 1 aromatic heterocycles. The fraction of sp³-hybridized carbons (Fsp3) is 0.471. The van der Waals surface area contributed by atoms with Gasteiger partial charge in [-0.3, -0.25) is 4.98 Å². The first-order valence-electron chi connectivity index (χ1n) is 7.45. The van der Waals surface area contributed by atoms with Crippen LogP contribution in [0, 0.1) is 5.41 Å². The van der Waals surface area contributed by atoms with Crippen LogP contribution in [0.4, 0.5) is 11.4 Å². The van der Waals surface area contributed by atoms with Crippen molar-refractivity contribution in [2.75, 3.05) is 23.7 Å². The third-order valence-electron chi connectivity index (χ3n) is 4.43. The summed E-state index contributed by atoms with van der Waals surface area (Å²) >= 11 is 0. The molecule has 20 heavy (non-hydrogen) atoms. The second kappa shape index (κ2) is 4.97. The van der Waals surface area contributed by atoms with E-state index in [1.165, 1.54) is 30.3 Å². The van der Waals surface area contributed by atoms with Gasteiger partial charge in [-0.15, -0.1) is 0 Å². The van der Waals surface area contributed by atoms with Gasteiger partial charge in [0.1, 0.15) is 0 Å². The zero-order valence-corrected chi connectivity index (χ0v) is 12.4. The zero-order chi connectivity index (χ0) is 14.2. The standard InChI is InChI=1S/C17H23N3/c1-17(2)8-5-10-20(11-9-17)16-13-6-3-4-7-15(13)19-12-14(16)18/h3-4,6-7,12H,5,8-11,18H2,1-2H3. The molecule has 3 rings (SSSR count). The number of nitrogens with two attached hydrogens (primary N) is 1. The molecule has 1 fully saturated rings. The summed E-state index contributed by atoms with van der Waals surface area (Å²) in [6, 6.07) is 8.28. The number of nitrogens with zero attached hydrogens (tertiary/aromatic N) is 2. The number of rotatable bonds is 1. The SMILES string of the molecule is CC1(C)CCCN(c2c(N)cnc3ccccc23)CC1. The number of nitrogen functional groups attached to an aromatic ring is 1. The molecule has 106 valence electrons. The predicted octanol–water partition coefficient (Wildman–Crippen LogP) is 3.83. The van der Waals surface area contributed by atoms with E-state index in [9.17, 15) is 0 Å². The molecule has 0 unspecified atom stereocenters. The number of benzene rings is 1. The third kappa shape index (κ3) is 2.45. The van der Waals surface area contributed by atoms with Crippen LogP contribution in [0.3, 0.4) is 0 Å². The molecule has 0 amide bonds. The van der Waals surface area contributed by atoms with Crippen LogP contribution in [0.1, 0.15) is 33.1 Å². The predicted molar refractivity (Wildman–Crippen MR) is 86.0 cm³/mol. The normalized spacial score (nSPS) is 19.0. The highest BCUT2D eigenvalue weighted by molar-refractivity contribution is 5.97. The molecule has 3 nitrogen and oxygen atoms in total. The first-order valence-corrected chi connectivity index (χ1v) is 7.45. The van der Waals surface area contributed by atoms with Gasteiger partial charge in [0.15, 0.2) is 0 Å². The maximum absolute atomic E-state index is 6.23. The molecule has 0 radical (unpaired) electrons. The van der Waals surface area contributed by atoms with Crippen LogP contribution in [-0.2, 0) is 0 Å². The van der Waals surface area contributed by atoms with Crippen molar-refractivity contribution in [1.82, 2.24) is 4.98 Å². The second-order valence-corrected chi connectivity index (χ2v) is 6.58. The first-order chi connectivity index (χ1) is 9.57. The fourth-order valence-electron chi connectivity index (χ4n) is 3.14. The molecule has 1 aromatic carbocycles. The van der Waals surface area contributed by atoms with E-state index in [1.807, 2.05) is 6.07 Å². The minimum atomic E-state index is 0.437. The van der Waals surface area contributed by atoms with Crippen molar-refractivity contribution in [3.05, 3.63) is 30.5 Å². The van der Waals surface area contributed by atoms with Crippen LogP contribution in [0.5, 0.6) is 0 Å². The van der Waals surface area contributed by atoms with E-state index in [0.717, 1.165) is 24.3 Å². The Kier molecular flexibility index (Phi) is 3.28. The van der Waals surface area contributed by atoms with Gasteiger partial charge >= 0.3 is 0 Å². The lowest BCUT2D eigenvalue weighted by Gasteiger charge is -2.27. The second-order valence-electron chi connectivity index (χ2n) is 6.58. The average molecular weight is 269 g/mol. The molecule has 2 aromatic rings. The van der Waals surface area contributed by atoms with E-state index in [0.29, 0.717) is 5.41 Å². The Labute approximate surface area is 120 Å². The average Bonchev–Trinajstić information content (AvgIpc) is 2.60. The van der Waals surface area contributed by atoms with Gasteiger partial charge in [-0.2, -0.15) is 0 Å². The fourth-order valence-corrected chi connectivity index (χ4v) is 3.14. The van der Waals surface area contributed by atoms with E-state index >= 15 is 0 Å². The van der Waals surface area contributed by atoms with Gasteiger partial charge in [0, 0.05) is 18.5 Å². The minimum Gasteiger partial charge on any atom is -0.396 e. The summed E-state index contributed by atoms with van der Waals surface area (Å²) in [6.07, 6.45) is 5.52. The van der Waals surface area contributed by atoms with E-state index in [-0.39, 0.29) is 0 Å². The summed E-state index contributed by atoms with van der Waals surface area (Å²) in [6.45, 7) is 6.89. The quantitative estimate of drug-likeness (QED) is 0.855. The van der Waals surface area contributed by atoms with Crippen LogP contribution in [0.15, 0.2) is 30.5 Å². The zero-order valence-electron chi connectivity index (χ0n) is 12.4. The van der Waals surface area contributed by atoms with Gasteiger partial charge in [0.05, 0.1) is 23.1 Å². The van der Waals surface area contributed by atoms with Gasteiger partial charge in [-0.25, -0.2) is 0 Å². The molecule has 0 spiro atoms. The van der Waals surface area contributed by atoms with Crippen molar-refractivity contribution in [3.8, 4) is 0 Å². The number of pyridine rings is 1. The number of fused-ring (bicyclic) bond motifs is 1. The number of para-hydroxylation sites is 1. The Balaban J connectivity index is 2.03. The molecule has 2 N–H and O–H groups in total. The lowest BCUT2D eigenvalue weighted by molar-refractivity contribution is 0.325. The smallest absolute Gasteiger partial charge is 0.0745 e. The molecule has 0 saturated carbocycles. The van der Waals surface area contributed by atoms with Crippen molar-refractivity contribution in [2.24, 2.45) is 5.41 Å². The van der Waals surface area contributed by atoms with Gasteiger partial charge in [-0.05, 0) is 30.7 Å². The van der Waals surface area contributed by atoms with E-state index in [2.05, 4.69) is 41.9 Å². The largest absolute Gasteiger partial charge is 0.396 e. The van der Waals surface area contributed by atoms with Crippen LogP contribution >= 0.6 is 0 Å². The van der Waals surface area contributed by atoms with Gasteiger partial charge in [0.25, 0.3) is 0 Å². The lowest BCUT2D eigenvalue weighted by atomic mass is 9.85. The number of hydrogen-bond acceptors (Lipinski definition) is 3. The monoisotopic (exact) mass is 269 g/mol. The van der Waals surface area contributed by atoms with Gasteiger partial charge < -0.3 is 10.6 Å². The van der Waals surface area contributed by atoms with Crippen LogP contribution in [-0.4, -0.2) is 18.1 Å². The molecule has 1 saturated heterocycles. The summed E-state index contributed by atoms with van der Waals surface area (Å²) in [7, 11) is 0. The first kappa shape index (κ1) is 13.2. The number of aromatic nitrogens is 1. The highest BCUT2D eigenvalue weighted by Crippen LogP contribution is 2.36. The number of hydrogen-bond donors (Lipinski definition) is 1. The molecule has 0 atom stereocenters. The molecular weight excluding hydrogens is 246 g/mol. The Morgan fingerprint density at radius 1 is 1.15 bits per heavy atom. The van der Waals surface area contributed by atoms with Crippen LogP contribution < -0.4 is 10.6 Å². The van der Waals surface area contributed by atoms with Crippen molar-refractivity contribution < 1.29 is 0 Å². The maximum Gasteiger partial charge on any atom is 0.0745 e. The molecule has 2 heterocycles. The summed E-state index contributed by atoms with van der Waals surface area (Å²) in [5, 5.41) is 1.17. The third-order valence-corrected chi connectivity index (χ3v) is 4.43. The summed E-state index contributed by atoms with van der Waals surface area (Å²) in [5.41, 5.74) is 9.67. The van der Waals surface area contributed by atoms with E-state index in [1.54, 1.807) is 6.20 Å². The maximum atomic E-state index is 6.23. The van der Waals surface area contributed by atoms with Crippen molar-refractivity contribution in [2.45, 2.75) is 33.1 Å². The van der Waals surface area contributed by atoms with Crippen LogP contribution in [0.2, 0.25) is 0 Å². The van der Waals surface area contributed by atoms with Crippen LogP contribution in [0.25, 0.3) is 10.9 Å². The van der Waals surface area contributed by atoms with Crippen molar-refractivity contribution in [1.29, 1.82) is 0 Å². The van der Waals surface area contributed by atoms with Crippen molar-refractivity contribution in [3.63, 3.8) is 0 Å². The van der Waals surface area contributed by atoms with E-state index < -0.39 is 0 Å². The Bertz CT molecular complexity index is 619. The van der Waals surface area contributed by atoms with Crippen molar-refractivity contribution >= 4 is 22.3 Å². The molecule has 1 aliphatic rings. The summed E-state index contributed by atoms with van der Waals surface area (Å²) in [5.74, 6) is 0. The van der Waals surface area contributed by atoms with Gasteiger partial charge in [0.2, 0.25) is 0 Å².